The van der Waals surface area contributed by atoms with Crippen LogP contribution in [0.15, 0.2) is 6.20 Å². The Bertz CT molecular complexity index is 342. The molecule has 1 aliphatic carbocycles. The Balaban J connectivity index is 2.10. The van der Waals surface area contributed by atoms with Gasteiger partial charge in [-0.15, -0.1) is 11.3 Å². The van der Waals surface area contributed by atoms with Crippen molar-refractivity contribution in [3.63, 3.8) is 0 Å². The molecular weight excluding hydrogens is 230 g/mol. The summed E-state index contributed by atoms with van der Waals surface area (Å²) in [7, 11) is 0. The smallest absolute Gasteiger partial charge is 0.185 e. The molecule has 0 bridgehead atoms. The minimum atomic E-state index is 0.103. The van der Waals surface area contributed by atoms with Gasteiger partial charge in [-0.05, 0) is 26.7 Å². The molecule has 1 fully saturated rings. The maximum absolute atomic E-state index is 5.90. The van der Waals surface area contributed by atoms with E-state index in [9.17, 15) is 0 Å². The predicted octanol–water partition coefficient (Wildman–Crippen LogP) is 3.32. The summed E-state index contributed by atoms with van der Waals surface area (Å²) in [5.74, 6) is 0. The Kier molecular flexibility index (Phi) is 4.40. The maximum Gasteiger partial charge on any atom is 0.185 e. The summed E-state index contributed by atoms with van der Waals surface area (Å²) in [5.41, 5.74) is 5.90. The van der Waals surface area contributed by atoms with Crippen LogP contribution >= 0.6 is 11.3 Å². The van der Waals surface area contributed by atoms with Crippen molar-refractivity contribution in [2.75, 3.05) is 11.4 Å². The van der Waals surface area contributed by atoms with Crippen LogP contribution in [-0.2, 0) is 0 Å². The van der Waals surface area contributed by atoms with Crippen LogP contribution < -0.4 is 10.6 Å². The van der Waals surface area contributed by atoms with Crippen LogP contribution in [-0.4, -0.2) is 17.6 Å². The summed E-state index contributed by atoms with van der Waals surface area (Å²) in [6, 6.07) is 0.798. The Labute approximate surface area is 108 Å². The third kappa shape index (κ3) is 2.99. The van der Waals surface area contributed by atoms with E-state index in [0.717, 1.165) is 11.7 Å². The molecule has 1 aromatic heterocycles. The van der Waals surface area contributed by atoms with Gasteiger partial charge in [0.2, 0.25) is 0 Å². The molecule has 0 saturated heterocycles. The first-order chi connectivity index (χ1) is 8.22. The van der Waals surface area contributed by atoms with Crippen LogP contribution in [0.25, 0.3) is 0 Å². The third-order valence-corrected chi connectivity index (χ3v) is 4.80. The minimum Gasteiger partial charge on any atom is -0.345 e. The van der Waals surface area contributed by atoms with Gasteiger partial charge >= 0.3 is 0 Å². The highest BCUT2D eigenvalue weighted by molar-refractivity contribution is 7.15. The molecule has 1 aliphatic rings. The average Bonchev–Trinajstić information content (AvgIpc) is 2.81. The summed E-state index contributed by atoms with van der Waals surface area (Å²) in [5, 5.41) is 1.16. The lowest BCUT2D eigenvalue weighted by molar-refractivity contribution is 0.418. The van der Waals surface area contributed by atoms with Crippen LogP contribution in [0.4, 0.5) is 5.13 Å². The van der Waals surface area contributed by atoms with Crippen LogP contribution in [0.1, 0.15) is 56.9 Å². The van der Waals surface area contributed by atoms with Gasteiger partial charge in [-0.1, -0.05) is 19.3 Å². The van der Waals surface area contributed by atoms with Gasteiger partial charge in [0.25, 0.3) is 0 Å². The van der Waals surface area contributed by atoms with Crippen molar-refractivity contribution in [3.8, 4) is 0 Å². The summed E-state index contributed by atoms with van der Waals surface area (Å²) in [6.07, 6.45) is 8.72. The zero-order valence-electron chi connectivity index (χ0n) is 10.9. The quantitative estimate of drug-likeness (QED) is 0.895. The van der Waals surface area contributed by atoms with Crippen molar-refractivity contribution >= 4 is 16.5 Å². The van der Waals surface area contributed by atoms with E-state index in [1.54, 1.807) is 11.3 Å². The third-order valence-electron chi connectivity index (χ3n) is 3.56. The van der Waals surface area contributed by atoms with E-state index in [4.69, 9.17) is 5.73 Å². The molecule has 1 unspecified atom stereocenters. The normalized spacial score (nSPS) is 19.2. The minimum absolute atomic E-state index is 0.103. The number of nitrogens with two attached hydrogens (primary N) is 1. The van der Waals surface area contributed by atoms with Crippen molar-refractivity contribution in [2.24, 2.45) is 5.73 Å². The highest BCUT2D eigenvalue weighted by atomic mass is 32.1. The highest BCUT2D eigenvalue weighted by Crippen LogP contribution is 2.31. The number of nitrogens with zero attached hydrogens (tertiary/aromatic N) is 2. The molecule has 2 N–H and O–H groups in total. The van der Waals surface area contributed by atoms with Gasteiger partial charge in [0.15, 0.2) is 5.13 Å². The average molecular weight is 253 g/mol. The Morgan fingerprint density at radius 2 is 2.18 bits per heavy atom. The molecule has 0 amide bonds. The standard InChI is InChI=1S/C13H23N3S/c1-3-16(11-7-5-4-6-8-11)13-15-9-12(17-13)10(2)14/h9-11H,3-8,14H2,1-2H3. The first kappa shape index (κ1) is 12.8. The Morgan fingerprint density at radius 1 is 1.47 bits per heavy atom. The predicted molar refractivity (Wildman–Crippen MR) is 74.6 cm³/mol. The molecule has 1 atom stereocenters. The fourth-order valence-corrected chi connectivity index (χ4v) is 3.57. The van der Waals surface area contributed by atoms with Crippen molar-refractivity contribution in [3.05, 3.63) is 11.1 Å². The summed E-state index contributed by atoms with van der Waals surface area (Å²) < 4.78 is 0. The van der Waals surface area contributed by atoms with E-state index < -0.39 is 0 Å². The fraction of sp³-hybridized carbons (Fsp3) is 0.769. The number of aromatic nitrogens is 1. The molecular formula is C13H23N3S. The molecule has 1 aromatic rings. The molecule has 17 heavy (non-hydrogen) atoms. The highest BCUT2D eigenvalue weighted by Gasteiger charge is 2.22. The topological polar surface area (TPSA) is 42.2 Å². The molecule has 96 valence electrons. The van der Waals surface area contributed by atoms with Gasteiger partial charge in [-0.3, -0.25) is 0 Å². The lowest BCUT2D eigenvalue weighted by Crippen LogP contribution is -2.36. The van der Waals surface area contributed by atoms with E-state index in [-0.39, 0.29) is 6.04 Å². The van der Waals surface area contributed by atoms with Crippen molar-refractivity contribution in [1.29, 1.82) is 0 Å². The van der Waals surface area contributed by atoms with E-state index >= 15 is 0 Å². The van der Waals surface area contributed by atoms with Gasteiger partial charge in [-0.25, -0.2) is 4.98 Å². The number of thiazole rings is 1. The maximum atomic E-state index is 5.90. The Hall–Kier alpha value is -0.610. The van der Waals surface area contributed by atoms with Gasteiger partial charge in [0.05, 0.1) is 0 Å². The number of hydrogen-bond acceptors (Lipinski definition) is 4. The van der Waals surface area contributed by atoms with Gasteiger partial charge < -0.3 is 10.6 Å². The monoisotopic (exact) mass is 253 g/mol. The summed E-state index contributed by atoms with van der Waals surface area (Å²) in [6.45, 7) is 5.30. The van der Waals surface area contributed by atoms with Crippen molar-refractivity contribution < 1.29 is 0 Å². The molecule has 3 nitrogen and oxygen atoms in total. The van der Waals surface area contributed by atoms with E-state index in [0.29, 0.717) is 6.04 Å². The van der Waals surface area contributed by atoms with Gasteiger partial charge in [0.1, 0.15) is 0 Å². The van der Waals surface area contributed by atoms with E-state index in [1.165, 1.54) is 37.0 Å². The van der Waals surface area contributed by atoms with Crippen LogP contribution in [0.3, 0.4) is 0 Å². The molecule has 0 spiro atoms. The molecule has 1 heterocycles. The number of anilines is 1. The largest absolute Gasteiger partial charge is 0.345 e. The lowest BCUT2D eigenvalue weighted by Gasteiger charge is -2.33. The first-order valence-electron chi connectivity index (χ1n) is 6.70. The Morgan fingerprint density at radius 3 is 2.71 bits per heavy atom. The SMILES string of the molecule is CCN(c1ncc(C(C)N)s1)C1CCCCC1. The zero-order chi connectivity index (χ0) is 12.3. The fourth-order valence-electron chi connectivity index (χ4n) is 2.56. The first-order valence-corrected chi connectivity index (χ1v) is 7.52. The van der Waals surface area contributed by atoms with Crippen molar-refractivity contribution in [2.45, 2.75) is 58.0 Å². The summed E-state index contributed by atoms with van der Waals surface area (Å²) in [4.78, 5) is 8.21. The van der Waals surface area contributed by atoms with Gasteiger partial charge in [-0.2, -0.15) is 0 Å². The molecule has 2 rings (SSSR count). The molecule has 0 radical (unpaired) electrons. The lowest BCUT2D eigenvalue weighted by atomic mass is 9.94. The van der Waals surface area contributed by atoms with Crippen LogP contribution in [0.2, 0.25) is 0 Å². The zero-order valence-corrected chi connectivity index (χ0v) is 11.7. The number of rotatable bonds is 4. The molecule has 0 aromatic carbocycles. The second-order valence-corrected chi connectivity index (χ2v) is 5.95. The summed E-state index contributed by atoms with van der Waals surface area (Å²) >= 11 is 1.76. The van der Waals surface area contributed by atoms with E-state index in [2.05, 4.69) is 16.8 Å². The van der Waals surface area contributed by atoms with Gasteiger partial charge in [0, 0.05) is 29.7 Å². The molecule has 4 heteroatoms. The number of hydrogen-bond donors (Lipinski definition) is 1. The van der Waals surface area contributed by atoms with E-state index in [1.807, 2.05) is 13.1 Å². The second-order valence-electron chi connectivity index (χ2n) is 4.91. The van der Waals surface area contributed by atoms with Crippen LogP contribution in [0.5, 0.6) is 0 Å². The molecule has 0 aliphatic heterocycles. The van der Waals surface area contributed by atoms with Crippen molar-refractivity contribution in [1.82, 2.24) is 4.98 Å². The van der Waals surface area contributed by atoms with Crippen LogP contribution in [0, 0.1) is 0 Å². The molecule has 1 saturated carbocycles. The second kappa shape index (κ2) is 5.83.